The second-order valence-corrected chi connectivity index (χ2v) is 8.74. The van der Waals surface area contributed by atoms with Crippen molar-refractivity contribution in [1.29, 1.82) is 0 Å². The lowest BCUT2D eigenvalue weighted by Gasteiger charge is -2.10. The number of ether oxygens (including phenoxy) is 3. The van der Waals surface area contributed by atoms with Crippen molar-refractivity contribution in [2.24, 2.45) is 5.92 Å². The number of hydrogen-bond acceptors (Lipinski definition) is 7. The predicted octanol–water partition coefficient (Wildman–Crippen LogP) is 6.25. The summed E-state index contributed by atoms with van der Waals surface area (Å²) in [4.78, 5) is 25.1. The molecule has 1 aromatic heterocycles. The first-order valence-corrected chi connectivity index (χ1v) is 11.7. The first kappa shape index (κ1) is 24.7. The average Bonchev–Trinajstić information content (AvgIpc) is 2.86. The molecule has 1 amide bonds. The minimum absolute atomic E-state index is 0.00812. The van der Waals surface area contributed by atoms with E-state index in [0.29, 0.717) is 35.3 Å². The standard InChI is InChI=1S/C28H28N4O4/c1-18(2)17-29-25(33)21-9-15-24(16-10-21)36-28-31-26(34-22-11-5-19(3)6-12-22)30-27(32-28)35-23-13-7-20(4)8-14-23/h5-16,18H,17H2,1-4H3,(H,29,33). The van der Waals surface area contributed by atoms with E-state index in [0.717, 1.165) is 11.1 Å². The van der Waals surface area contributed by atoms with Gasteiger partial charge in [-0.1, -0.05) is 49.2 Å². The van der Waals surface area contributed by atoms with E-state index in [1.54, 1.807) is 24.3 Å². The lowest BCUT2D eigenvalue weighted by Crippen LogP contribution is -2.27. The van der Waals surface area contributed by atoms with E-state index in [2.05, 4.69) is 20.3 Å². The quantitative estimate of drug-likeness (QED) is 0.300. The van der Waals surface area contributed by atoms with Crippen molar-refractivity contribution in [3.05, 3.63) is 89.5 Å². The number of hydrogen-bond donors (Lipinski definition) is 1. The zero-order chi connectivity index (χ0) is 25.5. The number of nitrogens with one attached hydrogen (secondary N) is 1. The van der Waals surface area contributed by atoms with Crippen LogP contribution in [0.1, 0.15) is 35.3 Å². The Labute approximate surface area is 210 Å². The molecule has 1 N–H and O–H groups in total. The number of aryl methyl sites for hydroxylation is 2. The summed E-state index contributed by atoms with van der Waals surface area (Å²) in [5, 5.41) is 2.89. The minimum Gasteiger partial charge on any atom is -0.424 e. The van der Waals surface area contributed by atoms with Crippen LogP contribution in [0.2, 0.25) is 0 Å². The molecular formula is C28H28N4O4. The maximum atomic E-state index is 12.3. The van der Waals surface area contributed by atoms with E-state index >= 15 is 0 Å². The van der Waals surface area contributed by atoms with E-state index in [1.807, 2.05) is 76.2 Å². The summed E-state index contributed by atoms with van der Waals surface area (Å²) in [6.07, 6.45) is 0. The van der Waals surface area contributed by atoms with E-state index in [9.17, 15) is 4.79 Å². The molecule has 36 heavy (non-hydrogen) atoms. The fourth-order valence-electron chi connectivity index (χ4n) is 3.06. The van der Waals surface area contributed by atoms with Gasteiger partial charge in [-0.15, -0.1) is 15.0 Å². The summed E-state index contributed by atoms with van der Waals surface area (Å²) in [5.74, 6) is 1.81. The van der Waals surface area contributed by atoms with Crippen molar-refractivity contribution in [2.45, 2.75) is 27.7 Å². The molecule has 0 atom stereocenters. The minimum atomic E-state index is -0.141. The summed E-state index contributed by atoms with van der Waals surface area (Å²) in [6, 6.07) is 21.8. The molecule has 3 aromatic carbocycles. The molecule has 0 spiro atoms. The van der Waals surface area contributed by atoms with Crippen LogP contribution in [-0.4, -0.2) is 27.4 Å². The molecule has 0 saturated heterocycles. The number of carbonyl (C=O) groups is 1. The second-order valence-electron chi connectivity index (χ2n) is 8.74. The number of rotatable bonds is 9. The molecule has 0 aliphatic carbocycles. The summed E-state index contributed by atoms with van der Waals surface area (Å²) < 4.78 is 17.5. The van der Waals surface area contributed by atoms with Crippen molar-refractivity contribution in [3.63, 3.8) is 0 Å². The zero-order valence-electron chi connectivity index (χ0n) is 20.7. The van der Waals surface area contributed by atoms with Gasteiger partial charge in [0.2, 0.25) is 0 Å². The topological polar surface area (TPSA) is 95.5 Å². The van der Waals surface area contributed by atoms with Gasteiger partial charge in [0.25, 0.3) is 5.91 Å². The van der Waals surface area contributed by atoms with Gasteiger partial charge in [0.15, 0.2) is 0 Å². The van der Waals surface area contributed by atoms with Crippen LogP contribution in [-0.2, 0) is 0 Å². The second kappa shape index (κ2) is 11.3. The Balaban J connectivity index is 1.55. The van der Waals surface area contributed by atoms with Crippen LogP contribution in [0.25, 0.3) is 0 Å². The van der Waals surface area contributed by atoms with Crippen molar-refractivity contribution in [1.82, 2.24) is 20.3 Å². The van der Waals surface area contributed by atoms with Crippen molar-refractivity contribution < 1.29 is 19.0 Å². The van der Waals surface area contributed by atoms with Crippen LogP contribution in [0.3, 0.4) is 0 Å². The molecule has 4 rings (SSSR count). The number of benzene rings is 3. The summed E-state index contributed by atoms with van der Waals surface area (Å²) in [6.45, 7) is 8.67. The maximum Gasteiger partial charge on any atom is 0.331 e. The Bertz CT molecular complexity index is 1240. The maximum absolute atomic E-state index is 12.3. The Morgan fingerprint density at radius 3 is 1.39 bits per heavy atom. The van der Waals surface area contributed by atoms with E-state index in [1.165, 1.54) is 0 Å². The number of nitrogens with zero attached hydrogens (tertiary/aromatic N) is 3. The SMILES string of the molecule is Cc1ccc(Oc2nc(Oc3ccc(C)cc3)nc(Oc3ccc(C(=O)NCC(C)C)cc3)n2)cc1. The molecule has 0 aliphatic heterocycles. The van der Waals surface area contributed by atoms with Gasteiger partial charge in [0, 0.05) is 12.1 Å². The predicted molar refractivity (Wildman–Crippen MR) is 136 cm³/mol. The fraction of sp³-hybridized carbons (Fsp3) is 0.214. The Morgan fingerprint density at radius 1 is 0.667 bits per heavy atom. The lowest BCUT2D eigenvalue weighted by molar-refractivity contribution is 0.0949. The first-order chi connectivity index (χ1) is 17.3. The van der Waals surface area contributed by atoms with Gasteiger partial charge in [-0.2, -0.15) is 0 Å². The third-order valence-electron chi connectivity index (χ3n) is 5.03. The number of aromatic nitrogens is 3. The van der Waals surface area contributed by atoms with Crippen LogP contribution >= 0.6 is 0 Å². The molecule has 0 aliphatic rings. The first-order valence-electron chi connectivity index (χ1n) is 11.7. The molecule has 8 nitrogen and oxygen atoms in total. The normalized spacial score (nSPS) is 10.7. The summed E-state index contributed by atoms with van der Waals surface area (Å²) >= 11 is 0. The van der Waals surface area contributed by atoms with Gasteiger partial charge in [-0.05, 0) is 68.3 Å². The molecule has 0 unspecified atom stereocenters. The van der Waals surface area contributed by atoms with Gasteiger partial charge in [-0.3, -0.25) is 4.79 Å². The van der Waals surface area contributed by atoms with Gasteiger partial charge in [0.05, 0.1) is 0 Å². The van der Waals surface area contributed by atoms with E-state index in [4.69, 9.17) is 14.2 Å². The molecule has 0 bridgehead atoms. The molecule has 0 fully saturated rings. The van der Waals surface area contributed by atoms with Crippen LogP contribution in [0, 0.1) is 19.8 Å². The Kier molecular flexibility index (Phi) is 7.75. The Hall–Kier alpha value is -4.46. The Morgan fingerprint density at radius 2 is 1.03 bits per heavy atom. The monoisotopic (exact) mass is 484 g/mol. The number of carbonyl (C=O) groups excluding carboxylic acids is 1. The fourth-order valence-corrected chi connectivity index (χ4v) is 3.06. The highest BCUT2D eigenvalue weighted by molar-refractivity contribution is 5.94. The van der Waals surface area contributed by atoms with Crippen molar-refractivity contribution >= 4 is 5.91 Å². The van der Waals surface area contributed by atoms with Gasteiger partial charge in [-0.25, -0.2) is 0 Å². The molecule has 8 heteroatoms. The molecule has 4 aromatic rings. The van der Waals surface area contributed by atoms with Crippen LogP contribution in [0.5, 0.6) is 35.3 Å². The van der Waals surface area contributed by atoms with Crippen LogP contribution < -0.4 is 19.5 Å². The third-order valence-corrected chi connectivity index (χ3v) is 5.03. The van der Waals surface area contributed by atoms with Gasteiger partial charge in [0.1, 0.15) is 17.2 Å². The highest BCUT2D eigenvalue weighted by Crippen LogP contribution is 2.27. The smallest absolute Gasteiger partial charge is 0.331 e. The largest absolute Gasteiger partial charge is 0.424 e. The van der Waals surface area contributed by atoms with Crippen molar-refractivity contribution in [3.8, 4) is 35.3 Å². The molecule has 184 valence electrons. The lowest BCUT2D eigenvalue weighted by atomic mass is 10.2. The molecule has 0 radical (unpaired) electrons. The third kappa shape index (κ3) is 7.02. The number of amides is 1. The molecule has 1 heterocycles. The van der Waals surface area contributed by atoms with Crippen LogP contribution in [0.4, 0.5) is 0 Å². The van der Waals surface area contributed by atoms with Gasteiger partial charge < -0.3 is 19.5 Å². The van der Waals surface area contributed by atoms with Gasteiger partial charge >= 0.3 is 18.0 Å². The highest BCUT2D eigenvalue weighted by Gasteiger charge is 2.14. The van der Waals surface area contributed by atoms with E-state index < -0.39 is 0 Å². The zero-order valence-corrected chi connectivity index (χ0v) is 20.7. The highest BCUT2D eigenvalue weighted by atomic mass is 16.5. The van der Waals surface area contributed by atoms with Crippen molar-refractivity contribution in [2.75, 3.05) is 6.54 Å². The molecular weight excluding hydrogens is 456 g/mol. The van der Waals surface area contributed by atoms with Crippen LogP contribution in [0.15, 0.2) is 72.8 Å². The summed E-state index contributed by atoms with van der Waals surface area (Å²) in [7, 11) is 0. The summed E-state index contributed by atoms with van der Waals surface area (Å²) in [5.41, 5.74) is 2.74. The molecule has 0 saturated carbocycles. The average molecular weight is 485 g/mol. The van der Waals surface area contributed by atoms with E-state index in [-0.39, 0.29) is 23.9 Å².